The minimum absolute atomic E-state index is 0.402. The summed E-state index contributed by atoms with van der Waals surface area (Å²) in [6.07, 6.45) is 8.67. The first-order chi connectivity index (χ1) is 11.1. The fraction of sp³-hybridized carbons (Fsp3) is 0.368. The molecule has 0 aliphatic carbocycles. The fourth-order valence-electron chi connectivity index (χ4n) is 2.79. The van der Waals surface area contributed by atoms with E-state index in [1.807, 2.05) is 23.4 Å². The Morgan fingerprint density at radius 1 is 1.43 bits per heavy atom. The summed E-state index contributed by atoms with van der Waals surface area (Å²) in [4.78, 5) is 10.8. The molecule has 0 N–H and O–H groups in total. The maximum Gasteiger partial charge on any atom is 0.136 e. The molecule has 0 unspecified atom stereocenters. The average molecular weight is 305 g/mol. The molecule has 1 aliphatic heterocycles. The highest BCUT2D eigenvalue weighted by atomic mass is 15.2. The van der Waals surface area contributed by atoms with E-state index < -0.39 is 0 Å². The highest BCUT2D eigenvalue weighted by Crippen LogP contribution is 2.23. The van der Waals surface area contributed by atoms with E-state index in [2.05, 4.69) is 42.5 Å². The molecule has 1 heterocycles. The predicted molar refractivity (Wildman–Crippen MR) is 102 cm³/mol. The molecule has 2 radical (unpaired) electrons. The standard InChI is InChI=1S/C19H24BN3/c1-5-23(16-9-10-17(14(2)3)18(20)12-16)19(21-4)15-8-6-7-11-22-13-15/h5,9-14H,1,6-8H2,2-4H3. The van der Waals surface area contributed by atoms with Gasteiger partial charge in [-0.1, -0.05) is 37.5 Å². The van der Waals surface area contributed by atoms with E-state index in [0.29, 0.717) is 5.92 Å². The van der Waals surface area contributed by atoms with E-state index in [1.165, 1.54) is 0 Å². The molecule has 0 aromatic heterocycles. The van der Waals surface area contributed by atoms with E-state index in [4.69, 9.17) is 7.85 Å². The van der Waals surface area contributed by atoms with Crippen molar-refractivity contribution in [2.24, 2.45) is 9.98 Å². The molecule has 0 amide bonds. The van der Waals surface area contributed by atoms with Crippen molar-refractivity contribution in [2.45, 2.75) is 39.0 Å². The largest absolute Gasteiger partial charge is 0.303 e. The van der Waals surface area contributed by atoms with Crippen LogP contribution >= 0.6 is 0 Å². The van der Waals surface area contributed by atoms with Crippen molar-refractivity contribution in [3.63, 3.8) is 0 Å². The number of amidine groups is 1. The van der Waals surface area contributed by atoms with E-state index in [9.17, 15) is 0 Å². The molecule has 1 aromatic carbocycles. The minimum Gasteiger partial charge on any atom is -0.303 e. The van der Waals surface area contributed by atoms with E-state index >= 15 is 0 Å². The molecule has 1 aromatic rings. The van der Waals surface area contributed by atoms with Crippen molar-refractivity contribution in [1.29, 1.82) is 0 Å². The molecule has 0 atom stereocenters. The first kappa shape index (κ1) is 17.3. The van der Waals surface area contributed by atoms with E-state index in [-0.39, 0.29) is 0 Å². The number of aliphatic imine (C=N–C) groups is 2. The smallest absolute Gasteiger partial charge is 0.136 e. The van der Waals surface area contributed by atoms with Gasteiger partial charge < -0.3 is 4.90 Å². The normalized spacial score (nSPS) is 15.3. The summed E-state index contributed by atoms with van der Waals surface area (Å²) >= 11 is 0. The highest BCUT2D eigenvalue weighted by Gasteiger charge is 2.16. The molecule has 118 valence electrons. The number of hydrogen-bond acceptors (Lipinski definition) is 2. The lowest BCUT2D eigenvalue weighted by atomic mass is 9.85. The van der Waals surface area contributed by atoms with Crippen LogP contribution in [-0.4, -0.2) is 26.9 Å². The molecular weight excluding hydrogens is 281 g/mol. The van der Waals surface area contributed by atoms with Gasteiger partial charge in [0.15, 0.2) is 0 Å². The average Bonchev–Trinajstić information content (AvgIpc) is 2.81. The Labute approximate surface area is 140 Å². The lowest BCUT2D eigenvalue weighted by Crippen LogP contribution is -2.28. The zero-order valence-corrected chi connectivity index (χ0v) is 14.3. The Bertz CT molecular complexity index is 657. The summed E-state index contributed by atoms with van der Waals surface area (Å²) in [5.41, 5.74) is 4.04. The molecule has 1 aliphatic rings. The maximum absolute atomic E-state index is 6.22. The van der Waals surface area contributed by atoms with Crippen LogP contribution in [0.3, 0.4) is 0 Å². The third kappa shape index (κ3) is 4.01. The van der Waals surface area contributed by atoms with Crippen molar-refractivity contribution in [3.8, 4) is 0 Å². The van der Waals surface area contributed by atoms with Gasteiger partial charge in [0.1, 0.15) is 13.7 Å². The molecule has 2 rings (SSSR count). The second kappa shape index (κ2) is 7.95. The highest BCUT2D eigenvalue weighted by molar-refractivity contribution is 6.34. The van der Waals surface area contributed by atoms with Gasteiger partial charge in [0.05, 0.1) is 0 Å². The van der Waals surface area contributed by atoms with E-state index in [1.54, 1.807) is 13.2 Å². The SMILES string of the molecule is [B]c1cc(N(C=C)C(=NC)C2=CN=CCCC2)ccc1C(C)C. The fourth-order valence-corrected chi connectivity index (χ4v) is 2.79. The van der Waals surface area contributed by atoms with Crippen LogP contribution in [-0.2, 0) is 0 Å². The number of nitrogens with zero attached hydrogens (tertiary/aromatic N) is 3. The van der Waals surface area contributed by atoms with Crippen LogP contribution in [0.4, 0.5) is 5.69 Å². The summed E-state index contributed by atoms with van der Waals surface area (Å²) in [7, 11) is 8.02. The molecule has 4 heteroatoms. The van der Waals surface area contributed by atoms with Crippen molar-refractivity contribution in [1.82, 2.24) is 0 Å². The zero-order chi connectivity index (χ0) is 16.8. The van der Waals surface area contributed by atoms with Gasteiger partial charge in [-0.2, -0.15) is 0 Å². The molecule has 0 saturated carbocycles. The second-order valence-corrected chi connectivity index (χ2v) is 5.95. The molecular formula is C19H24BN3. The Kier molecular flexibility index (Phi) is 5.97. The summed E-state index contributed by atoms with van der Waals surface area (Å²) in [6.45, 7) is 8.24. The van der Waals surface area contributed by atoms with Gasteiger partial charge in [-0.3, -0.25) is 9.98 Å². The van der Waals surface area contributed by atoms with Crippen LogP contribution in [0.2, 0.25) is 0 Å². The van der Waals surface area contributed by atoms with Gasteiger partial charge >= 0.3 is 0 Å². The third-order valence-corrected chi connectivity index (χ3v) is 4.00. The lowest BCUT2D eigenvalue weighted by Gasteiger charge is -2.25. The summed E-state index contributed by atoms with van der Waals surface area (Å²) in [5, 5.41) is 0. The van der Waals surface area contributed by atoms with Gasteiger partial charge in [0.2, 0.25) is 0 Å². The molecule has 0 saturated heterocycles. The first-order valence-corrected chi connectivity index (χ1v) is 8.07. The van der Waals surface area contributed by atoms with Crippen molar-refractivity contribution in [2.75, 3.05) is 11.9 Å². The molecule has 3 nitrogen and oxygen atoms in total. The molecule has 0 fully saturated rings. The molecule has 23 heavy (non-hydrogen) atoms. The monoisotopic (exact) mass is 305 g/mol. The Balaban J connectivity index is 2.38. The van der Waals surface area contributed by atoms with Crippen LogP contribution in [0.25, 0.3) is 0 Å². The molecule has 0 bridgehead atoms. The van der Waals surface area contributed by atoms with Crippen molar-refractivity contribution >= 4 is 31.0 Å². The predicted octanol–water partition coefficient (Wildman–Crippen LogP) is 3.72. The second-order valence-electron chi connectivity index (χ2n) is 5.95. The van der Waals surface area contributed by atoms with Crippen LogP contribution in [0, 0.1) is 0 Å². The number of anilines is 1. The van der Waals surface area contributed by atoms with Gasteiger partial charge in [-0.05, 0) is 37.3 Å². The third-order valence-electron chi connectivity index (χ3n) is 4.00. The first-order valence-electron chi connectivity index (χ1n) is 8.07. The number of hydrogen-bond donors (Lipinski definition) is 0. The number of rotatable bonds is 4. The summed E-state index contributed by atoms with van der Waals surface area (Å²) < 4.78 is 0. The van der Waals surface area contributed by atoms with Crippen molar-refractivity contribution < 1.29 is 0 Å². The van der Waals surface area contributed by atoms with Gasteiger partial charge in [-0.25, -0.2) is 0 Å². The Morgan fingerprint density at radius 3 is 2.83 bits per heavy atom. The van der Waals surface area contributed by atoms with Gasteiger partial charge in [0, 0.05) is 36.9 Å². The Morgan fingerprint density at radius 2 is 2.22 bits per heavy atom. The maximum atomic E-state index is 6.22. The topological polar surface area (TPSA) is 28.0 Å². The van der Waals surface area contributed by atoms with Crippen LogP contribution in [0.5, 0.6) is 0 Å². The van der Waals surface area contributed by atoms with Crippen LogP contribution in [0.15, 0.2) is 52.7 Å². The van der Waals surface area contributed by atoms with Crippen LogP contribution < -0.4 is 10.4 Å². The van der Waals surface area contributed by atoms with E-state index in [0.717, 1.165) is 47.4 Å². The van der Waals surface area contributed by atoms with Crippen molar-refractivity contribution in [3.05, 3.63) is 48.3 Å². The summed E-state index contributed by atoms with van der Waals surface area (Å²) in [5.74, 6) is 1.27. The Hall–Kier alpha value is -2.10. The quantitative estimate of drug-likeness (QED) is 0.473. The summed E-state index contributed by atoms with van der Waals surface area (Å²) in [6, 6.07) is 6.14. The zero-order valence-electron chi connectivity index (χ0n) is 14.3. The number of benzene rings is 1. The van der Waals surface area contributed by atoms with Gasteiger partial charge in [-0.15, -0.1) is 0 Å². The molecule has 0 spiro atoms. The van der Waals surface area contributed by atoms with Gasteiger partial charge in [0.25, 0.3) is 0 Å². The lowest BCUT2D eigenvalue weighted by molar-refractivity contribution is 0.873. The van der Waals surface area contributed by atoms with Crippen LogP contribution in [0.1, 0.15) is 44.6 Å². The minimum atomic E-state index is 0.402.